The number of hydrogen-bond donors (Lipinski definition) is 1. The summed E-state index contributed by atoms with van der Waals surface area (Å²) in [6.07, 6.45) is 2.87. The number of piperidine rings is 1. The number of benzene rings is 1. The van der Waals surface area contributed by atoms with Crippen LogP contribution in [0.5, 0.6) is 0 Å². The van der Waals surface area contributed by atoms with Crippen molar-refractivity contribution >= 4 is 23.5 Å². The van der Waals surface area contributed by atoms with Crippen molar-refractivity contribution in [2.45, 2.75) is 26.3 Å². The summed E-state index contributed by atoms with van der Waals surface area (Å²) < 4.78 is 5.04. The average Bonchev–Trinajstić information content (AvgIpc) is 2.66. The molecule has 0 aliphatic carbocycles. The number of carbonyl (C=O) groups excluding carboxylic acids is 2. The third-order valence-electron chi connectivity index (χ3n) is 4.19. The Morgan fingerprint density at radius 3 is 2.58 bits per heavy atom. The summed E-state index contributed by atoms with van der Waals surface area (Å²) in [5, 5.41) is 12.6. The third kappa shape index (κ3) is 5.78. The number of nitrogens with zero attached hydrogens (tertiary/aromatic N) is 2. The van der Waals surface area contributed by atoms with Gasteiger partial charge in [-0.3, -0.25) is 9.59 Å². The Labute approximate surface area is 158 Å². The largest absolute Gasteiger partial charge is 0.466 e. The van der Waals surface area contributed by atoms with E-state index in [2.05, 4.69) is 5.32 Å². The zero-order valence-corrected chi connectivity index (χ0v) is 15.5. The van der Waals surface area contributed by atoms with E-state index in [-0.39, 0.29) is 17.5 Å². The molecule has 1 aliphatic heterocycles. The second-order valence-electron chi connectivity index (χ2n) is 6.03. The van der Waals surface area contributed by atoms with Gasteiger partial charge in [0, 0.05) is 30.9 Å². The lowest BCUT2D eigenvalue weighted by atomic mass is 9.97. The van der Waals surface area contributed by atoms with Gasteiger partial charge in [0.1, 0.15) is 11.6 Å². The van der Waals surface area contributed by atoms with E-state index in [1.165, 1.54) is 0 Å². The Morgan fingerprint density at radius 2 is 2.00 bits per heavy atom. The van der Waals surface area contributed by atoms with E-state index in [1.54, 1.807) is 25.3 Å². The first-order valence-electron chi connectivity index (χ1n) is 8.58. The van der Waals surface area contributed by atoms with Crippen molar-refractivity contribution in [2.75, 3.05) is 19.7 Å². The Balaban J connectivity index is 1.87. The summed E-state index contributed by atoms with van der Waals surface area (Å²) in [7, 11) is 0. The second-order valence-corrected chi connectivity index (χ2v) is 6.46. The summed E-state index contributed by atoms with van der Waals surface area (Å²) in [4.78, 5) is 25.9. The predicted octanol–water partition coefficient (Wildman–Crippen LogP) is 2.64. The number of esters is 1. The van der Waals surface area contributed by atoms with E-state index >= 15 is 0 Å². The van der Waals surface area contributed by atoms with Crippen LogP contribution in [0.2, 0.25) is 5.02 Å². The van der Waals surface area contributed by atoms with Crippen LogP contribution >= 0.6 is 11.6 Å². The number of halogens is 1. The van der Waals surface area contributed by atoms with Crippen LogP contribution in [-0.4, -0.2) is 36.5 Å². The molecule has 0 aromatic heterocycles. The molecule has 26 heavy (non-hydrogen) atoms. The van der Waals surface area contributed by atoms with Gasteiger partial charge in [0.2, 0.25) is 0 Å². The number of likely N-dealkylation sites (tertiary alicyclic amines) is 1. The molecule has 1 N–H and O–H groups in total. The molecule has 0 bridgehead atoms. The van der Waals surface area contributed by atoms with Crippen LogP contribution < -0.4 is 5.32 Å². The molecule has 1 fully saturated rings. The lowest BCUT2D eigenvalue weighted by Crippen LogP contribution is -2.35. The highest BCUT2D eigenvalue weighted by Gasteiger charge is 2.25. The van der Waals surface area contributed by atoms with Crippen molar-refractivity contribution in [1.29, 1.82) is 5.26 Å². The average molecular weight is 376 g/mol. The molecule has 1 aliphatic rings. The fraction of sp³-hybridized carbons (Fsp3) is 0.421. The van der Waals surface area contributed by atoms with Crippen molar-refractivity contribution in [3.8, 4) is 6.07 Å². The van der Waals surface area contributed by atoms with Gasteiger partial charge in [-0.2, -0.15) is 5.26 Å². The normalized spacial score (nSPS) is 15.3. The molecule has 0 atom stereocenters. The molecule has 2 rings (SSSR count). The number of nitriles is 1. The van der Waals surface area contributed by atoms with Crippen molar-refractivity contribution in [3.05, 3.63) is 46.6 Å². The van der Waals surface area contributed by atoms with Gasteiger partial charge >= 0.3 is 5.97 Å². The first-order valence-corrected chi connectivity index (χ1v) is 8.96. The van der Waals surface area contributed by atoms with Crippen molar-refractivity contribution in [1.82, 2.24) is 10.2 Å². The molecule has 138 valence electrons. The smallest absolute Gasteiger partial charge is 0.309 e. The molecule has 1 saturated heterocycles. The first kappa shape index (κ1) is 19.8. The molecule has 7 heteroatoms. The van der Waals surface area contributed by atoms with Gasteiger partial charge in [0.05, 0.1) is 12.5 Å². The zero-order chi connectivity index (χ0) is 18.9. The zero-order valence-electron chi connectivity index (χ0n) is 14.7. The predicted molar refractivity (Wildman–Crippen MR) is 97.9 cm³/mol. The first-order chi connectivity index (χ1) is 12.5. The highest BCUT2D eigenvalue weighted by Crippen LogP contribution is 2.19. The Morgan fingerprint density at radius 1 is 1.35 bits per heavy atom. The fourth-order valence-electron chi connectivity index (χ4n) is 2.73. The fourth-order valence-corrected chi connectivity index (χ4v) is 2.85. The van der Waals surface area contributed by atoms with Crippen molar-refractivity contribution < 1.29 is 14.3 Å². The van der Waals surface area contributed by atoms with Crippen molar-refractivity contribution in [2.24, 2.45) is 5.92 Å². The molecule has 0 spiro atoms. The van der Waals surface area contributed by atoms with Gasteiger partial charge in [-0.15, -0.1) is 0 Å². The van der Waals surface area contributed by atoms with E-state index in [0.717, 1.165) is 5.56 Å². The van der Waals surface area contributed by atoms with E-state index in [4.69, 9.17) is 16.3 Å². The van der Waals surface area contributed by atoms with E-state index in [0.29, 0.717) is 44.1 Å². The number of hydrogen-bond acceptors (Lipinski definition) is 5. The maximum atomic E-state index is 12.2. The molecular weight excluding hydrogens is 354 g/mol. The van der Waals surface area contributed by atoms with E-state index < -0.39 is 5.91 Å². The number of amides is 1. The van der Waals surface area contributed by atoms with Crippen LogP contribution in [0.25, 0.3) is 0 Å². The Kier molecular flexibility index (Phi) is 7.49. The van der Waals surface area contributed by atoms with E-state index in [1.807, 2.05) is 23.1 Å². The van der Waals surface area contributed by atoms with Crippen LogP contribution in [-0.2, 0) is 20.9 Å². The van der Waals surface area contributed by atoms with Gasteiger partial charge < -0.3 is 15.0 Å². The van der Waals surface area contributed by atoms with Crippen LogP contribution in [0.4, 0.5) is 0 Å². The molecular formula is C19H22ClN3O3. The van der Waals surface area contributed by atoms with Gasteiger partial charge in [-0.05, 0) is 37.5 Å². The van der Waals surface area contributed by atoms with Crippen molar-refractivity contribution in [3.63, 3.8) is 0 Å². The molecule has 0 radical (unpaired) electrons. The van der Waals surface area contributed by atoms with Crippen LogP contribution in [0.15, 0.2) is 36.0 Å². The SMILES string of the molecule is CCOC(=O)C1CCN(/C=C(/C#N)C(=O)NCc2ccc(Cl)cc2)CC1. The van der Waals surface area contributed by atoms with Gasteiger partial charge in [-0.25, -0.2) is 0 Å². The molecule has 1 aromatic rings. The third-order valence-corrected chi connectivity index (χ3v) is 4.44. The lowest BCUT2D eigenvalue weighted by Gasteiger charge is -2.30. The minimum Gasteiger partial charge on any atom is -0.466 e. The minimum atomic E-state index is -0.421. The second kappa shape index (κ2) is 9.83. The van der Waals surface area contributed by atoms with Gasteiger partial charge in [0.25, 0.3) is 5.91 Å². The van der Waals surface area contributed by atoms with Crippen LogP contribution in [0, 0.1) is 17.2 Å². The van der Waals surface area contributed by atoms with Gasteiger partial charge in [0.15, 0.2) is 0 Å². The molecule has 1 heterocycles. The quantitative estimate of drug-likeness (QED) is 0.469. The number of rotatable bonds is 6. The maximum Gasteiger partial charge on any atom is 0.309 e. The monoisotopic (exact) mass is 375 g/mol. The van der Waals surface area contributed by atoms with Gasteiger partial charge in [-0.1, -0.05) is 23.7 Å². The minimum absolute atomic E-state index is 0.0496. The topological polar surface area (TPSA) is 82.4 Å². The summed E-state index contributed by atoms with van der Waals surface area (Å²) in [5.74, 6) is -0.698. The standard InChI is InChI=1S/C19H22ClN3O3/c1-2-26-19(25)15-7-9-23(10-8-15)13-16(11-21)18(24)22-12-14-3-5-17(20)6-4-14/h3-6,13,15H,2,7-10,12H2,1H3,(H,22,24)/b16-13-. The molecule has 6 nitrogen and oxygen atoms in total. The molecule has 1 aromatic carbocycles. The molecule has 1 amide bonds. The molecule has 0 saturated carbocycles. The number of nitrogens with one attached hydrogen (secondary N) is 1. The summed E-state index contributed by atoms with van der Waals surface area (Å²) in [6.45, 7) is 3.71. The highest BCUT2D eigenvalue weighted by atomic mass is 35.5. The summed E-state index contributed by atoms with van der Waals surface area (Å²) >= 11 is 5.83. The number of carbonyl (C=O) groups is 2. The molecule has 0 unspecified atom stereocenters. The number of ether oxygens (including phenoxy) is 1. The highest BCUT2D eigenvalue weighted by molar-refractivity contribution is 6.30. The van der Waals surface area contributed by atoms with E-state index in [9.17, 15) is 14.9 Å². The van der Waals surface area contributed by atoms with Crippen LogP contribution in [0.3, 0.4) is 0 Å². The maximum absolute atomic E-state index is 12.2. The Bertz CT molecular complexity index is 702. The Hall–Kier alpha value is -2.52. The summed E-state index contributed by atoms with van der Waals surface area (Å²) in [6, 6.07) is 9.08. The lowest BCUT2D eigenvalue weighted by molar-refractivity contribution is -0.149. The summed E-state index contributed by atoms with van der Waals surface area (Å²) in [5.41, 5.74) is 0.948. The van der Waals surface area contributed by atoms with Crippen LogP contribution in [0.1, 0.15) is 25.3 Å².